The molecule has 0 spiro atoms. The van der Waals surface area contributed by atoms with Crippen LogP contribution in [-0.4, -0.2) is 25.7 Å². The first-order valence-corrected chi connectivity index (χ1v) is 5.65. The number of hydrogen-bond acceptors (Lipinski definition) is 2. The minimum Gasteiger partial charge on any atom is -0.381 e. The number of rotatable bonds is 9. The largest absolute Gasteiger partial charge is 0.381 e. The second-order valence-electron chi connectivity index (χ2n) is 3.42. The highest BCUT2D eigenvalue weighted by Crippen LogP contribution is 1.94. The van der Waals surface area contributed by atoms with Crippen LogP contribution in [-0.2, 0) is 9.53 Å². The molecule has 0 saturated carbocycles. The highest BCUT2D eigenvalue weighted by Gasteiger charge is 1.98. The van der Waals surface area contributed by atoms with Crippen molar-refractivity contribution < 1.29 is 9.53 Å². The van der Waals surface area contributed by atoms with E-state index in [1.807, 2.05) is 6.92 Å². The predicted molar refractivity (Wildman–Crippen MR) is 58.3 cm³/mol. The van der Waals surface area contributed by atoms with Gasteiger partial charge >= 0.3 is 0 Å². The molecule has 0 aromatic heterocycles. The Labute approximate surface area is 87.2 Å². The van der Waals surface area contributed by atoms with Gasteiger partial charge in [-0.05, 0) is 12.8 Å². The van der Waals surface area contributed by atoms with Gasteiger partial charge in [-0.3, -0.25) is 4.79 Å². The summed E-state index contributed by atoms with van der Waals surface area (Å²) in [6.07, 6.45) is 5.00. The summed E-state index contributed by atoms with van der Waals surface area (Å²) in [5.41, 5.74) is 0. The number of carbonyl (C=O) groups excluding carboxylic acids is 1. The highest BCUT2D eigenvalue weighted by atomic mass is 16.5. The monoisotopic (exact) mass is 201 g/mol. The zero-order valence-electron chi connectivity index (χ0n) is 9.47. The van der Waals surface area contributed by atoms with Gasteiger partial charge in [0.15, 0.2) is 0 Å². The second-order valence-corrected chi connectivity index (χ2v) is 3.42. The third-order valence-corrected chi connectivity index (χ3v) is 1.94. The van der Waals surface area contributed by atoms with Crippen LogP contribution in [0.1, 0.15) is 46.0 Å². The Hall–Kier alpha value is -0.570. The molecule has 0 aliphatic heterocycles. The maximum absolute atomic E-state index is 11.1. The summed E-state index contributed by atoms with van der Waals surface area (Å²) in [7, 11) is 0. The van der Waals surface area contributed by atoms with E-state index in [-0.39, 0.29) is 5.91 Å². The number of hydrogen-bond donors (Lipinski definition) is 1. The fourth-order valence-corrected chi connectivity index (χ4v) is 1.07. The summed E-state index contributed by atoms with van der Waals surface area (Å²) >= 11 is 0. The first-order chi connectivity index (χ1) is 6.81. The first kappa shape index (κ1) is 13.4. The van der Waals surface area contributed by atoms with Crippen molar-refractivity contribution in [1.29, 1.82) is 0 Å². The van der Waals surface area contributed by atoms with E-state index in [1.54, 1.807) is 0 Å². The highest BCUT2D eigenvalue weighted by molar-refractivity contribution is 5.75. The van der Waals surface area contributed by atoms with Crippen molar-refractivity contribution in [3.05, 3.63) is 0 Å². The van der Waals surface area contributed by atoms with E-state index in [0.717, 1.165) is 26.0 Å². The van der Waals surface area contributed by atoms with Gasteiger partial charge in [0.2, 0.25) is 5.91 Å². The van der Waals surface area contributed by atoms with Crippen LogP contribution in [0.3, 0.4) is 0 Å². The van der Waals surface area contributed by atoms with Gasteiger partial charge in [-0.2, -0.15) is 0 Å². The Morgan fingerprint density at radius 1 is 1.14 bits per heavy atom. The molecule has 0 saturated heterocycles. The van der Waals surface area contributed by atoms with Gasteiger partial charge < -0.3 is 10.1 Å². The molecule has 1 N–H and O–H groups in total. The molecular formula is C11H23NO2. The molecule has 0 unspecified atom stereocenters. The minimum absolute atomic E-state index is 0.0994. The number of unbranched alkanes of at least 4 members (excludes halogenated alkanes) is 2. The molecule has 0 aliphatic rings. The Morgan fingerprint density at radius 3 is 2.57 bits per heavy atom. The number of ether oxygens (including phenoxy) is 1. The van der Waals surface area contributed by atoms with Crippen LogP contribution >= 0.6 is 0 Å². The fourth-order valence-electron chi connectivity index (χ4n) is 1.07. The van der Waals surface area contributed by atoms with E-state index in [0.29, 0.717) is 13.0 Å². The van der Waals surface area contributed by atoms with Crippen LogP contribution in [0.5, 0.6) is 0 Å². The SMILES string of the molecule is CCCCCOCCC(=O)NCCC. The van der Waals surface area contributed by atoms with Crippen LogP contribution in [0, 0.1) is 0 Å². The molecule has 84 valence electrons. The molecule has 0 bridgehead atoms. The van der Waals surface area contributed by atoms with Crippen molar-refractivity contribution in [3.63, 3.8) is 0 Å². The molecule has 0 rings (SSSR count). The van der Waals surface area contributed by atoms with Crippen LogP contribution in [0.2, 0.25) is 0 Å². The molecule has 0 aromatic carbocycles. The summed E-state index contributed by atoms with van der Waals surface area (Å²) in [6.45, 7) is 6.32. The standard InChI is InChI=1S/C11H23NO2/c1-3-5-6-9-14-10-7-11(13)12-8-4-2/h3-10H2,1-2H3,(H,12,13). The molecule has 0 aromatic rings. The van der Waals surface area contributed by atoms with Gasteiger partial charge in [-0.1, -0.05) is 26.7 Å². The van der Waals surface area contributed by atoms with Gasteiger partial charge in [0.25, 0.3) is 0 Å². The normalized spacial score (nSPS) is 10.1. The first-order valence-electron chi connectivity index (χ1n) is 5.65. The van der Waals surface area contributed by atoms with Gasteiger partial charge in [-0.25, -0.2) is 0 Å². The van der Waals surface area contributed by atoms with Crippen molar-refractivity contribution in [1.82, 2.24) is 5.32 Å². The van der Waals surface area contributed by atoms with Crippen LogP contribution in [0.25, 0.3) is 0 Å². The molecule has 3 nitrogen and oxygen atoms in total. The van der Waals surface area contributed by atoms with Gasteiger partial charge in [0.1, 0.15) is 0 Å². The van der Waals surface area contributed by atoms with Crippen molar-refractivity contribution >= 4 is 5.91 Å². The summed E-state index contributed by atoms with van der Waals surface area (Å²) in [4.78, 5) is 11.1. The quantitative estimate of drug-likeness (QED) is 0.580. The molecule has 0 heterocycles. The van der Waals surface area contributed by atoms with Gasteiger partial charge in [0, 0.05) is 19.6 Å². The molecule has 0 aliphatic carbocycles. The summed E-state index contributed by atoms with van der Waals surface area (Å²) in [5.74, 6) is 0.0994. The Balaban J connectivity index is 3.07. The van der Waals surface area contributed by atoms with Crippen molar-refractivity contribution in [2.24, 2.45) is 0 Å². The molecule has 14 heavy (non-hydrogen) atoms. The lowest BCUT2D eigenvalue weighted by Crippen LogP contribution is -2.25. The van der Waals surface area contributed by atoms with Crippen molar-refractivity contribution in [2.45, 2.75) is 46.0 Å². The molecule has 0 radical (unpaired) electrons. The maximum atomic E-state index is 11.1. The Morgan fingerprint density at radius 2 is 1.93 bits per heavy atom. The van der Waals surface area contributed by atoms with Crippen LogP contribution in [0.15, 0.2) is 0 Å². The fraction of sp³-hybridized carbons (Fsp3) is 0.909. The maximum Gasteiger partial charge on any atom is 0.222 e. The molecule has 1 amide bonds. The van der Waals surface area contributed by atoms with Gasteiger partial charge in [0.05, 0.1) is 6.61 Å². The zero-order chi connectivity index (χ0) is 10.6. The van der Waals surface area contributed by atoms with E-state index in [4.69, 9.17) is 4.74 Å². The van der Waals surface area contributed by atoms with E-state index >= 15 is 0 Å². The lowest BCUT2D eigenvalue weighted by molar-refractivity contribution is -0.122. The molecule has 0 atom stereocenters. The Kier molecular flexibility index (Phi) is 10.1. The lowest BCUT2D eigenvalue weighted by Gasteiger charge is -2.04. The van der Waals surface area contributed by atoms with Crippen molar-refractivity contribution in [2.75, 3.05) is 19.8 Å². The van der Waals surface area contributed by atoms with Crippen LogP contribution in [0.4, 0.5) is 0 Å². The number of carbonyl (C=O) groups is 1. The van der Waals surface area contributed by atoms with E-state index in [2.05, 4.69) is 12.2 Å². The number of nitrogens with one attached hydrogen (secondary N) is 1. The molecular weight excluding hydrogens is 178 g/mol. The third kappa shape index (κ3) is 9.52. The summed E-state index contributed by atoms with van der Waals surface area (Å²) < 4.78 is 5.33. The average molecular weight is 201 g/mol. The van der Waals surface area contributed by atoms with E-state index < -0.39 is 0 Å². The zero-order valence-corrected chi connectivity index (χ0v) is 9.47. The third-order valence-electron chi connectivity index (χ3n) is 1.94. The molecule has 0 fully saturated rings. The minimum atomic E-state index is 0.0994. The summed E-state index contributed by atoms with van der Waals surface area (Å²) in [6, 6.07) is 0. The average Bonchev–Trinajstić information content (AvgIpc) is 2.20. The van der Waals surface area contributed by atoms with Crippen LogP contribution < -0.4 is 5.32 Å². The lowest BCUT2D eigenvalue weighted by atomic mass is 10.3. The smallest absolute Gasteiger partial charge is 0.222 e. The Bertz CT molecular complexity index is 137. The number of amides is 1. The molecule has 3 heteroatoms. The topological polar surface area (TPSA) is 38.3 Å². The predicted octanol–water partition coefficient (Wildman–Crippen LogP) is 2.11. The van der Waals surface area contributed by atoms with E-state index in [9.17, 15) is 4.79 Å². The second kappa shape index (κ2) is 10.5. The summed E-state index contributed by atoms with van der Waals surface area (Å²) in [5, 5.41) is 2.82. The van der Waals surface area contributed by atoms with Crippen molar-refractivity contribution in [3.8, 4) is 0 Å². The van der Waals surface area contributed by atoms with Gasteiger partial charge in [-0.15, -0.1) is 0 Å². The van der Waals surface area contributed by atoms with E-state index in [1.165, 1.54) is 12.8 Å².